The number of hydrogen-bond donors (Lipinski definition) is 1. The molecule has 0 saturated heterocycles. The van der Waals surface area contributed by atoms with Gasteiger partial charge < -0.3 is 5.32 Å². The highest BCUT2D eigenvalue weighted by molar-refractivity contribution is 6.06. The first kappa shape index (κ1) is 14.7. The Balaban J connectivity index is 2.40. The Morgan fingerprint density at radius 2 is 2.00 bits per heavy atom. The molecule has 7 nitrogen and oxygen atoms in total. The summed E-state index contributed by atoms with van der Waals surface area (Å²) >= 11 is 0. The molecule has 1 aromatic heterocycles. The van der Waals surface area contributed by atoms with Crippen LogP contribution >= 0.6 is 0 Å². The average Bonchev–Trinajstić information content (AvgIpc) is 2.71. The normalized spacial score (nSPS) is 10.5. The van der Waals surface area contributed by atoms with Crippen molar-refractivity contribution < 1.29 is 9.72 Å². The molecule has 0 bridgehead atoms. The first-order valence-electron chi connectivity index (χ1n) is 6.38. The van der Waals surface area contributed by atoms with E-state index in [4.69, 9.17) is 0 Å². The molecule has 2 rings (SSSR count). The van der Waals surface area contributed by atoms with Gasteiger partial charge in [-0.1, -0.05) is 12.1 Å². The van der Waals surface area contributed by atoms with Crippen LogP contribution in [0, 0.1) is 30.9 Å². The number of aromatic nitrogens is 2. The van der Waals surface area contributed by atoms with Crippen molar-refractivity contribution in [1.82, 2.24) is 9.78 Å². The number of aryl methyl sites for hydroxylation is 2. The van der Waals surface area contributed by atoms with E-state index in [2.05, 4.69) is 10.4 Å². The van der Waals surface area contributed by atoms with Crippen LogP contribution in [0.3, 0.4) is 0 Å². The summed E-state index contributed by atoms with van der Waals surface area (Å²) in [6.07, 6.45) is 0. The van der Waals surface area contributed by atoms with Gasteiger partial charge in [0.1, 0.15) is 5.69 Å². The first-order valence-corrected chi connectivity index (χ1v) is 6.38. The van der Waals surface area contributed by atoms with Crippen LogP contribution in [0.15, 0.2) is 18.2 Å². The zero-order chi connectivity index (χ0) is 15.7. The Morgan fingerprint density at radius 3 is 2.62 bits per heavy atom. The molecule has 1 heterocycles. The van der Waals surface area contributed by atoms with Gasteiger partial charge in [-0.25, -0.2) is 0 Å². The largest absolute Gasteiger partial charge is 0.322 e. The highest BCUT2D eigenvalue weighted by atomic mass is 16.6. The standard InChI is InChI=1S/C14H16N4O3/c1-8-6-5-7-11(9(8)2)15-14(19)12-13(18(20)21)10(3)17(4)16-12/h5-7H,1-4H3,(H,15,19). The lowest BCUT2D eigenvalue weighted by Crippen LogP contribution is -2.15. The number of benzene rings is 1. The molecular formula is C14H16N4O3. The number of carbonyl (C=O) groups is 1. The van der Waals surface area contributed by atoms with E-state index in [1.807, 2.05) is 26.0 Å². The van der Waals surface area contributed by atoms with Crippen LogP contribution in [0.25, 0.3) is 0 Å². The number of hydrogen-bond acceptors (Lipinski definition) is 4. The highest BCUT2D eigenvalue weighted by Crippen LogP contribution is 2.24. The molecule has 0 radical (unpaired) electrons. The van der Waals surface area contributed by atoms with Crippen LogP contribution in [-0.2, 0) is 7.05 Å². The third-order valence-electron chi connectivity index (χ3n) is 3.55. The molecule has 1 N–H and O–H groups in total. The minimum atomic E-state index is -0.584. The van der Waals surface area contributed by atoms with E-state index in [9.17, 15) is 14.9 Å². The van der Waals surface area contributed by atoms with Gasteiger partial charge in [-0.2, -0.15) is 5.10 Å². The van der Waals surface area contributed by atoms with Crippen molar-refractivity contribution >= 4 is 17.3 Å². The molecule has 1 aromatic carbocycles. The fourth-order valence-electron chi connectivity index (χ4n) is 2.04. The Morgan fingerprint density at radius 1 is 1.33 bits per heavy atom. The van der Waals surface area contributed by atoms with Crippen LogP contribution < -0.4 is 5.32 Å². The van der Waals surface area contributed by atoms with Gasteiger partial charge in [0.15, 0.2) is 0 Å². The second-order valence-corrected chi connectivity index (χ2v) is 4.86. The Hall–Kier alpha value is -2.70. The lowest BCUT2D eigenvalue weighted by molar-refractivity contribution is -0.385. The van der Waals surface area contributed by atoms with Gasteiger partial charge in [-0.15, -0.1) is 0 Å². The maximum absolute atomic E-state index is 12.3. The number of rotatable bonds is 3. The number of anilines is 1. The SMILES string of the molecule is Cc1cccc(NC(=O)c2nn(C)c(C)c2[N+](=O)[O-])c1C. The van der Waals surface area contributed by atoms with Gasteiger partial charge in [0.25, 0.3) is 5.91 Å². The summed E-state index contributed by atoms with van der Waals surface area (Å²) in [5, 5.41) is 17.7. The van der Waals surface area contributed by atoms with E-state index in [-0.39, 0.29) is 11.4 Å². The monoisotopic (exact) mass is 288 g/mol. The van der Waals surface area contributed by atoms with E-state index >= 15 is 0 Å². The quantitative estimate of drug-likeness (QED) is 0.694. The molecular weight excluding hydrogens is 272 g/mol. The Labute approximate surface area is 121 Å². The molecule has 0 aliphatic heterocycles. The summed E-state index contributed by atoms with van der Waals surface area (Å²) in [5.41, 5.74) is 2.46. The van der Waals surface area contributed by atoms with Crippen LogP contribution in [0.1, 0.15) is 27.3 Å². The number of carbonyl (C=O) groups excluding carboxylic acids is 1. The molecule has 1 amide bonds. The van der Waals surface area contributed by atoms with Crippen molar-refractivity contribution in [3.63, 3.8) is 0 Å². The van der Waals surface area contributed by atoms with Gasteiger partial charge in [-0.3, -0.25) is 19.6 Å². The maximum atomic E-state index is 12.3. The van der Waals surface area contributed by atoms with Gasteiger partial charge in [0.05, 0.1) is 4.92 Å². The van der Waals surface area contributed by atoms with E-state index < -0.39 is 10.8 Å². The van der Waals surface area contributed by atoms with E-state index in [1.165, 1.54) is 4.68 Å². The Bertz CT molecular complexity index is 734. The molecule has 0 fully saturated rings. The minimum Gasteiger partial charge on any atom is -0.320 e. The zero-order valence-electron chi connectivity index (χ0n) is 12.3. The summed E-state index contributed by atoms with van der Waals surface area (Å²) in [5.74, 6) is -0.584. The molecule has 0 atom stereocenters. The van der Waals surface area contributed by atoms with Crippen LogP contribution in [0.2, 0.25) is 0 Å². The summed E-state index contributed by atoms with van der Waals surface area (Å²) in [7, 11) is 1.57. The van der Waals surface area contributed by atoms with Crippen LogP contribution in [0.5, 0.6) is 0 Å². The average molecular weight is 288 g/mol. The molecule has 0 aliphatic rings. The molecule has 0 unspecified atom stereocenters. The second kappa shape index (κ2) is 5.35. The van der Waals surface area contributed by atoms with E-state index in [1.54, 1.807) is 20.0 Å². The molecule has 110 valence electrons. The van der Waals surface area contributed by atoms with Crippen molar-refractivity contribution in [2.24, 2.45) is 7.05 Å². The molecule has 21 heavy (non-hydrogen) atoms. The van der Waals surface area contributed by atoms with Crippen molar-refractivity contribution in [2.45, 2.75) is 20.8 Å². The van der Waals surface area contributed by atoms with Crippen molar-refractivity contribution in [3.05, 3.63) is 50.8 Å². The Kier molecular flexibility index (Phi) is 3.75. The fourth-order valence-corrected chi connectivity index (χ4v) is 2.04. The highest BCUT2D eigenvalue weighted by Gasteiger charge is 2.29. The summed E-state index contributed by atoms with van der Waals surface area (Å²) in [6, 6.07) is 5.50. The van der Waals surface area contributed by atoms with Gasteiger partial charge in [0.2, 0.25) is 5.69 Å². The van der Waals surface area contributed by atoms with E-state index in [0.29, 0.717) is 11.4 Å². The summed E-state index contributed by atoms with van der Waals surface area (Å²) < 4.78 is 1.33. The lowest BCUT2D eigenvalue weighted by atomic mass is 10.1. The summed E-state index contributed by atoms with van der Waals surface area (Å²) in [4.78, 5) is 22.8. The third kappa shape index (κ3) is 2.62. The predicted octanol–water partition coefficient (Wildman–Crippen LogP) is 2.51. The van der Waals surface area contributed by atoms with Crippen LogP contribution in [0.4, 0.5) is 11.4 Å². The van der Waals surface area contributed by atoms with Crippen LogP contribution in [-0.4, -0.2) is 20.6 Å². The second-order valence-electron chi connectivity index (χ2n) is 4.86. The smallest absolute Gasteiger partial charge is 0.320 e. The molecule has 0 aliphatic carbocycles. The van der Waals surface area contributed by atoms with E-state index in [0.717, 1.165) is 11.1 Å². The number of nitrogens with zero attached hydrogens (tertiary/aromatic N) is 3. The lowest BCUT2D eigenvalue weighted by Gasteiger charge is -2.08. The molecule has 2 aromatic rings. The van der Waals surface area contributed by atoms with Crippen molar-refractivity contribution in [1.29, 1.82) is 0 Å². The number of amides is 1. The van der Waals surface area contributed by atoms with Gasteiger partial charge in [0, 0.05) is 12.7 Å². The van der Waals surface area contributed by atoms with Crippen molar-refractivity contribution in [2.75, 3.05) is 5.32 Å². The molecule has 0 saturated carbocycles. The third-order valence-corrected chi connectivity index (χ3v) is 3.55. The van der Waals surface area contributed by atoms with Gasteiger partial charge >= 0.3 is 5.69 Å². The molecule has 7 heteroatoms. The predicted molar refractivity (Wildman–Crippen MR) is 78.5 cm³/mol. The van der Waals surface area contributed by atoms with Gasteiger partial charge in [-0.05, 0) is 38.0 Å². The fraction of sp³-hybridized carbons (Fsp3) is 0.286. The minimum absolute atomic E-state index is 0.180. The number of nitrogens with one attached hydrogen (secondary N) is 1. The zero-order valence-corrected chi connectivity index (χ0v) is 12.3. The maximum Gasteiger partial charge on any atom is 0.322 e. The molecule has 0 spiro atoms. The van der Waals surface area contributed by atoms with Crippen molar-refractivity contribution in [3.8, 4) is 0 Å². The topological polar surface area (TPSA) is 90.1 Å². The number of nitro groups is 1. The summed E-state index contributed by atoms with van der Waals surface area (Å²) in [6.45, 7) is 5.36. The first-order chi connectivity index (χ1) is 9.82.